The Balaban J connectivity index is 1.49. The average molecular weight is 486 g/mol. The van der Waals surface area contributed by atoms with Gasteiger partial charge in [-0.3, -0.25) is 9.59 Å². The zero-order valence-corrected chi connectivity index (χ0v) is 19.3. The predicted octanol–water partition coefficient (Wildman–Crippen LogP) is 4.51. The van der Waals surface area contributed by atoms with Crippen LogP contribution in [0.15, 0.2) is 46.7 Å². The number of allylic oxidation sites excluding steroid dienone is 1. The molecule has 4 rings (SSSR count). The molecule has 0 saturated carbocycles. The van der Waals surface area contributed by atoms with Crippen LogP contribution in [0.3, 0.4) is 0 Å². The Bertz CT molecular complexity index is 1250. The molecule has 0 atom stereocenters. The fourth-order valence-corrected chi connectivity index (χ4v) is 3.54. The summed E-state index contributed by atoms with van der Waals surface area (Å²) in [5, 5.41) is 3.78. The van der Waals surface area contributed by atoms with Gasteiger partial charge in [-0.2, -0.15) is 0 Å². The van der Waals surface area contributed by atoms with Gasteiger partial charge in [-0.05, 0) is 35.9 Å². The number of benzene rings is 2. The number of aryl methyl sites for hydroxylation is 1. The average Bonchev–Trinajstić information content (AvgIpc) is 3.39. The second-order valence-corrected chi connectivity index (χ2v) is 7.53. The van der Waals surface area contributed by atoms with Crippen molar-refractivity contribution < 1.29 is 37.8 Å². The first-order valence-electron chi connectivity index (χ1n) is 10.1. The SMILES string of the molecule is COc1cc(/C=C2\Oc3cc(OC(=O)CCc4cc(Cl)no4)ccc3C2=O)cc(OC)c1OC. The van der Waals surface area contributed by atoms with Crippen LogP contribution in [0.2, 0.25) is 5.15 Å². The van der Waals surface area contributed by atoms with E-state index in [2.05, 4.69) is 5.16 Å². The van der Waals surface area contributed by atoms with E-state index in [-0.39, 0.29) is 34.6 Å². The normalized spacial score (nSPS) is 13.4. The lowest BCUT2D eigenvalue weighted by Gasteiger charge is -2.13. The number of Topliss-reactive ketones (excluding diaryl/α,β-unsaturated/α-hetero) is 1. The lowest BCUT2D eigenvalue weighted by molar-refractivity contribution is -0.134. The van der Waals surface area contributed by atoms with E-state index in [9.17, 15) is 9.59 Å². The highest BCUT2D eigenvalue weighted by molar-refractivity contribution is 6.29. The van der Waals surface area contributed by atoms with Crippen molar-refractivity contribution in [2.75, 3.05) is 21.3 Å². The molecule has 1 aliphatic heterocycles. The van der Waals surface area contributed by atoms with Crippen molar-refractivity contribution in [2.45, 2.75) is 12.8 Å². The Morgan fingerprint density at radius 1 is 1.06 bits per heavy atom. The number of hydrogen-bond acceptors (Lipinski definition) is 9. The van der Waals surface area contributed by atoms with E-state index >= 15 is 0 Å². The summed E-state index contributed by atoms with van der Waals surface area (Å²) in [6.07, 6.45) is 1.93. The molecule has 0 aliphatic carbocycles. The van der Waals surface area contributed by atoms with E-state index in [4.69, 9.17) is 39.8 Å². The molecule has 0 spiro atoms. The van der Waals surface area contributed by atoms with E-state index in [0.717, 1.165) is 0 Å². The van der Waals surface area contributed by atoms with Crippen LogP contribution in [0, 0.1) is 0 Å². The summed E-state index contributed by atoms with van der Waals surface area (Å²) in [6.45, 7) is 0. The molecule has 0 radical (unpaired) electrons. The highest BCUT2D eigenvalue weighted by Gasteiger charge is 2.28. The summed E-state index contributed by atoms with van der Waals surface area (Å²) >= 11 is 5.69. The highest BCUT2D eigenvalue weighted by atomic mass is 35.5. The van der Waals surface area contributed by atoms with E-state index in [1.165, 1.54) is 39.5 Å². The maximum absolute atomic E-state index is 12.8. The number of carbonyl (C=O) groups excluding carboxylic acids is 2. The van der Waals surface area contributed by atoms with Gasteiger partial charge in [0.2, 0.25) is 11.5 Å². The van der Waals surface area contributed by atoms with E-state index in [0.29, 0.717) is 40.6 Å². The van der Waals surface area contributed by atoms with E-state index in [1.54, 1.807) is 24.3 Å². The Morgan fingerprint density at radius 2 is 1.79 bits per heavy atom. The molecule has 0 fully saturated rings. The number of carbonyl (C=O) groups is 2. The van der Waals surface area contributed by atoms with Crippen molar-refractivity contribution in [3.05, 3.63) is 64.2 Å². The van der Waals surface area contributed by atoms with Crippen molar-refractivity contribution >= 4 is 29.4 Å². The van der Waals surface area contributed by atoms with Gasteiger partial charge < -0.3 is 28.2 Å². The second kappa shape index (κ2) is 9.88. The zero-order valence-electron chi connectivity index (χ0n) is 18.5. The van der Waals surface area contributed by atoms with E-state index < -0.39 is 5.97 Å². The van der Waals surface area contributed by atoms with Crippen LogP contribution in [0.25, 0.3) is 6.08 Å². The molecule has 0 bridgehead atoms. The third kappa shape index (κ3) is 4.84. The Labute approximate surface area is 199 Å². The summed E-state index contributed by atoms with van der Waals surface area (Å²) in [6, 6.07) is 9.50. The molecule has 0 saturated heterocycles. The van der Waals surface area contributed by atoms with Gasteiger partial charge in [-0.15, -0.1) is 0 Å². The van der Waals surface area contributed by atoms with Gasteiger partial charge in [-0.25, -0.2) is 0 Å². The van der Waals surface area contributed by atoms with Crippen LogP contribution < -0.4 is 23.7 Å². The molecule has 1 aliphatic rings. The molecule has 0 amide bonds. The molecule has 10 heteroatoms. The van der Waals surface area contributed by atoms with Crippen LogP contribution in [0.5, 0.6) is 28.7 Å². The number of ketones is 1. The standard InChI is InChI=1S/C24H20ClNO8/c1-29-19-9-13(10-20(30-2)24(19)31-3)8-18-23(28)16-6-4-14(11-17(16)33-18)32-22(27)7-5-15-12-21(25)26-34-15/h4,6,8-12H,5,7H2,1-3H3/b18-8-. The molecule has 1 aromatic heterocycles. The minimum atomic E-state index is -0.481. The Kier molecular flexibility index (Phi) is 6.74. The number of nitrogens with zero attached hydrogens (tertiary/aromatic N) is 1. The quantitative estimate of drug-likeness (QED) is 0.259. The number of fused-ring (bicyclic) bond motifs is 1. The van der Waals surface area contributed by atoms with Crippen LogP contribution in [-0.4, -0.2) is 38.2 Å². The Hall–Kier alpha value is -3.98. The maximum atomic E-state index is 12.8. The number of methoxy groups -OCH3 is 3. The predicted molar refractivity (Wildman–Crippen MR) is 121 cm³/mol. The fraction of sp³-hybridized carbons (Fsp3) is 0.208. The van der Waals surface area contributed by atoms with Crippen molar-refractivity contribution in [2.24, 2.45) is 0 Å². The molecule has 0 unspecified atom stereocenters. The van der Waals surface area contributed by atoms with Crippen molar-refractivity contribution in [3.8, 4) is 28.7 Å². The van der Waals surface area contributed by atoms with Crippen LogP contribution in [-0.2, 0) is 11.2 Å². The molecule has 34 heavy (non-hydrogen) atoms. The number of halogens is 1. The van der Waals surface area contributed by atoms with E-state index in [1.807, 2.05) is 0 Å². The molecular weight excluding hydrogens is 466 g/mol. The summed E-state index contributed by atoms with van der Waals surface area (Å²) in [5.74, 6) is 1.66. The van der Waals surface area contributed by atoms with Gasteiger partial charge >= 0.3 is 5.97 Å². The summed E-state index contributed by atoms with van der Waals surface area (Å²) in [5.41, 5.74) is 0.972. The molecule has 3 aromatic rings. The minimum Gasteiger partial charge on any atom is -0.493 e. The number of rotatable bonds is 8. The minimum absolute atomic E-state index is 0.0642. The van der Waals surface area contributed by atoms with Gasteiger partial charge in [0.15, 0.2) is 22.4 Å². The first-order valence-corrected chi connectivity index (χ1v) is 10.5. The van der Waals surface area contributed by atoms with Gasteiger partial charge in [0.1, 0.15) is 17.3 Å². The van der Waals surface area contributed by atoms with Gasteiger partial charge in [0.05, 0.1) is 33.3 Å². The van der Waals surface area contributed by atoms with Crippen LogP contribution in [0.4, 0.5) is 0 Å². The van der Waals surface area contributed by atoms with Crippen molar-refractivity contribution in [1.82, 2.24) is 5.16 Å². The van der Waals surface area contributed by atoms with Gasteiger partial charge in [0.25, 0.3) is 0 Å². The van der Waals surface area contributed by atoms with Gasteiger partial charge in [0, 0.05) is 18.6 Å². The first kappa shape index (κ1) is 23.2. The number of aromatic nitrogens is 1. The zero-order chi connectivity index (χ0) is 24.2. The monoisotopic (exact) mass is 485 g/mol. The summed E-state index contributed by atoms with van der Waals surface area (Å²) in [4.78, 5) is 25.0. The lowest BCUT2D eigenvalue weighted by Crippen LogP contribution is -2.08. The topological polar surface area (TPSA) is 106 Å². The fourth-order valence-electron chi connectivity index (χ4n) is 3.38. The summed E-state index contributed by atoms with van der Waals surface area (Å²) < 4.78 is 32.1. The van der Waals surface area contributed by atoms with Gasteiger partial charge in [-0.1, -0.05) is 16.8 Å². The molecule has 2 heterocycles. The smallest absolute Gasteiger partial charge is 0.311 e. The number of ether oxygens (including phenoxy) is 5. The highest BCUT2D eigenvalue weighted by Crippen LogP contribution is 2.40. The molecule has 2 aromatic carbocycles. The number of esters is 1. The summed E-state index contributed by atoms with van der Waals surface area (Å²) in [7, 11) is 4.52. The lowest BCUT2D eigenvalue weighted by atomic mass is 10.1. The van der Waals surface area contributed by atoms with Crippen molar-refractivity contribution in [1.29, 1.82) is 0 Å². The number of hydrogen-bond donors (Lipinski definition) is 0. The van der Waals surface area contributed by atoms with Crippen molar-refractivity contribution in [3.63, 3.8) is 0 Å². The van der Waals surface area contributed by atoms with Crippen LogP contribution >= 0.6 is 11.6 Å². The second-order valence-electron chi connectivity index (χ2n) is 7.15. The Morgan fingerprint density at radius 3 is 2.41 bits per heavy atom. The third-order valence-corrected chi connectivity index (χ3v) is 5.14. The third-order valence-electron chi connectivity index (χ3n) is 4.96. The maximum Gasteiger partial charge on any atom is 0.311 e. The first-order chi connectivity index (χ1) is 16.4. The largest absolute Gasteiger partial charge is 0.493 e. The molecular formula is C24H20ClNO8. The molecule has 0 N–H and O–H groups in total. The molecule has 176 valence electrons. The van der Waals surface area contributed by atoms with Crippen LogP contribution in [0.1, 0.15) is 28.1 Å². The molecule has 9 nitrogen and oxygen atoms in total.